The van der Waals surface area contributed by atoms with Crippen LogP contribution in [0.15, 0.2) is 0 Å². The first-order chi connectivity index (χ1) is 4.81. The van der Waals surface area contributed by atoms with Gasteiger partial charge in [0.05, 0.1) is 6.61 Å². The summed E-state index contributed by atoms with van der Waals surface area (Å²) < 4.78 is 5.37. The summed E-state index contributed by atoms with van der Waals surface area (Å²) in [5.74, 6) is 0.668. The second-order valence-corrected chi connectivity index (χ2v) is 3.65. The number of hydrogen-bond acceptors (Lipinski definition) is 2. The molecule has 11 heavy (non-hydrogen) atoms. The molecule has 66 valence electrons. The van der Waals surface area contributed by atoms with Gasteiger partial charge in [-0.3, -0.25) is 0 Å². The normalized spacial score (nSPS) is 34.1. The summed E-state index contributed by atoms with van der Waals surface area (Å²) >= 11 is 0. The third-order valence-electron chi connectivity index (χ3n) is 2.80. The minimum atomic E-state index is 0. The molecule has 0 spiro atoms. The Morgan fingerprint density at radius 2 is 2.09 bits per heavy atom. The largest absolute Gasteiger partial charge is 0.381 e. The topological polar surface area (TPSA) is 35.2 Å². The fraction of sp³-hybridized carbons (Fsp3) is 1.00. The van der Waals surface area contributed by atoms with Crippen molar-refractivity contribution in [1.29, 1.82) is 0 Å². The van der Waals surface area contributed by atoms with Crippen LogP contribution >= 0.6 is 12.4 Å². The fourth-order valence-electron chi connectivity index (χ4n) is 1.75. The zero-order chi connectivity index (χ0) is 7.03. The van der Waals surface area contributed by atoms with Gasteiger partial charge >= 0.3 is 0 Å². The monoisotopic (exact) mass is 177 g/mol. The molecule has 2 aliphatic rings. The number of nitrogens with two attached hydrogens (primary N) is 1. The summed E-state index contributed by atoms with van der Waals surface area (Å²) in [5.41, 5.74) is 6.24. The molecule has 1 aliphatic heterocycles. The molecular formula is C8H16ClNO. The molecule has 2 nitrogen and oxygen atoms in total. The Morgan fingerprint density at radius 1 is 1.36 bits per heavy atom. The van der Waals surface area contributed by atoms with Crippen LogP contribution < -0.4 is 5.73 Å². The van der Waals surface area contributed by atoms with Crippen molar-refractivity contribution in [2.24, 2.45) is 11.7 Å². The van der Waals surface area contributed by atoms with E-state index in [2.05, 4.69) is 0 Å². The van der Waals surface area contributed by atoms with E-state index in [1.54, 1.807) is 0 Å². The molecule has 0 aromatic carbocycles. The molecule has 2 fully saturated rings. The molecule has 1 atom stereocenters. The van der Waals surface area contributed by atoms with Crippen LogP contribution in [-0.4, -0.2) is 18.8 Å². The van der Waals surface area contributed by atoms with Crippen molar-refractivity contribution in [3.05, 3.63) is 0 Å². The summed E-state index contributed by atoms with van der Waals surface area (Å²) in [6, 6.07) is 0. The molecular weight excluding hydrogens is 162 g/mol. The van der Waals surface area contributed by atoms with Gasteiger partial charge in [0.2, 0.25) is 0 Å². The lowest BCUT2D eigenvalue weighted by molar-refractivity contribution is 0.0410. The van der Waals surface area contributed by atoms with Crippen LogP contribution in [0, 0.1) is 5.92 Å². The van der Waals surface area contributed by atoms with Crippen LogP contribution in [0.3, 0.4) is 0 Å². The van der Waals surface area contributed by atoms with E-state index in [4.69, 9.17) is 10.5 Å². The van der Waals surface area contributed by atoms with Crippen LogP contribution in [0.4, 0.5) is 0 Å². The first kappa shape index (κ1) is 9.30. The van der Waals surface area contributed by atoms with Gasteiger partial charge < -0.3 is 10.5 Å². The van der Waals surface area contributed by atoms with Crippen LogP contribution in [0.1, 0.15) is 25.7 Å². The minimum Gasteiger partial charge on any atom is -0.381 e. The molecule has 0 amide bonds. The zero-order valence-corrected chi connectivity index (χ0v) is 7.53. The van der Waals surface area contributed by atoms with Crippen LogP contribution in [0.25, 0.3) is 0 Å². The first-order valence-corrected chi connectivity index (χ1v) is 4.18. The Bertz CT molecular complexity index is 130. The highest BCUT2D eigenvalue weighted by molar-refractivity contribution is 5.85. The van der Waals surface area contributed by atoms with Gasteiger partial charge in [-0.25, -0.2) is 0 Å². The van der Waals surface area contributed by atoms with Crippen molar-refractivity contribution >= 4 is 12.4 Å². The predicted molar refractivity (Wildman–Crippen MR) is 46.9 cm³/mol. The van der Waals surface area contributed by atoms with E-state index in [1.807, 2.05) is 0 Å². The number of ether oxygens (including phenoxy) is 1. The molecule has 1 saturated carbocycles. The molecule has 3 heteroatoms. The molecule has 1 unspecified atom stereocenters. The second kappa shape index (κ2) is 3.30. The SMILES string of the molecule is Cl.NC1(C2CCCOC2)CC1. The standard InChI is InChI=1S/C8H15NO.ClH/c9-8(3-4-8)7-2-1-5-10-6-7;/h7H,1-6,9H2;1H. The maximum Gasteiger partial charge on any atom is 0.0511 e. The summed E-state index contributed by atoms with van der Waals surface area (Å²) in [4.78, 5) is 0. The fourth-order valence-corrected chi connectivity index (χ4v) is 1.75. The second-order valence-electron chi connectivity index (χ2n) is 3.65. The van der Waals surface area contributed by atoms with Crippen molar-refractivity contribution in [3.8, 4) is 0 Å². The smallest absolute Gasteiger partial charge is 0.0511 e. The molecule has 0 aromatic heterocycles. The summed E-state index contributed by atoms with van der Waals surface area (Å²) in [7, 11) is 0. The van der Waals surface area contributed by atoms with Gasteiger partial charge in [0, 0.05) is 18.1 Å². The lowest BCUT2D eigenvalue weighted by Crippen LogP contribution is -2.37. The van der Waals surface area contributed by atoms with Gasteiger partial charge in [-0.15, -0.1) is 12.4 Å². The molecule has 2 rings (SSSR count). The van der Waals surface area contributed by atoms with Gasteiger partial charge in [0.25, 0.3) is 0 Å². The predicted octanol–water partition coefficient (Wildman–Crippen LogP) is 1.33. The molecule has 0 radical (unpaired) electrons. The van der Waals surface area contributed by atoms with E-state index in [9.17, 15) is 0 Å². The van der Waals surface area contributed by atoms with Gasteiger partial charge in [-0.05, 0) is 25.7 Å². The third kappa shape index (κ3) is 1.86. The third-order valence-corrected chi connectivity index (χ3v) is 2.80. The lowest BCUT2D eigenvalue weighted by Gasteiger charge is -2.27. The van der Waals surface area contributed by atoms with E-state index >= 15 is 0 Å². The van der Waals surface area contributed by atoms with E-state index < -0.39 is 0 Å². The van der Waals surface area contributed by atoms with Crippen molar-refractivity contribution in [2.75, 3.05) is 13.2 Å². The summed E-state index contributed by atoms with van der Waals surface area (Å²) in [5, 5.41) is 0. The van der Waals surface area contributed by atoms with E-state index in [1.165, 1.54) is 25.7 Å². The Labute approximate surface area is 73.9 Å². The lowest BCUT2D eigenvalue weighted by atomic mass is 9.92. The Kier molecular flexibility index (Phi) is 2.79. The number of halogens is 1. The summed E-state index contributed by atoms with van der Waals surface area (Å²) in [6.45, 7) is 1.86. The molecule has 1 heterocycles. The van der Waals surface area contributed by atoms with Crippen molar-refractivity contribution in [1.82, 2.24) is 0 Å². The Balaban J connectivity index is 0.000000605. The van der Waals surface area contributed by atoms with E-state index in [0.29, 0.717) is 5.92 Å². The van der Waals surface area contributed by atoms with Crippen LogP contribution in [0.2, 0.25) is 0 Å². The number of rotatable bonds is 1. The van der Waals surface area contributed by atoms with Gasteiger partial charge in [-0.1, -0.05) is 0 Å². The van der Waals surface area contributed by atoms with Crippen LogP contribution in [0.5, 0.6) is 0 Å². The Hall–Kier alpha value is 0.210. The van der Waals surface area contributed by atoms with Crippen LogP contribution in [-0.2, 0) is 4.74 Å². The zero-order valence-electron chi connectivity index (χ0n) is 6.71. The van der Waals surface area contributed by atoms with Gasteiger partial charge in [0.15, 0.2) is 0 Å². The highest BCUT2D eigenvalue weighted by Crippen LogP contribution is 2.42. The Morgan fingerprint density at radius 3 is 2.55 bits per heavy atom. The maximum atomic E-state index is 6.04. The maximum absolute atomic E-state index is 6.04. The molecule has 2 N–H and O–H groups in total. The molecule has 1 saturated heterocycles. The molecule has 1 aliphatic carbocycles. The van der Waals surface area contributed by atoms with Crippen molar-refractivity contribution < 1.29 is 4.74 Å². The van der Waals surface area contributed by atoms with Crippen molar-refractivity contribution in [2.45, 2.75) is 31.2 Å². The van der Waals surface area contributed by atoms with Crippen molar-refractivity contribution in [3.63, 3.8) is 0 Å². The van der Waals surface area contributed by atoms with Gasteiger partial charge in [-0.2, -0.15) is 0 Å². The quantitative estimate of drug-likeness (QED) is 0.656. The van der Waals surface area contributed by atoms with Gasteiger partial charge in [0.1, 0.15) is 0 Å². The van der Waals surface area contributed by atoms with E-state index in [-0.39, 0.29) is 17.9 Å². The average molecular weight is 178 g/mol. The molecule has 0 bridgehead atoms. The highest BCUT2D eigenvalue weighted by Gasteiger charge is 2.45. The van der Waals surface area contributed by atoms with E-state index in [0.717, 1.165) is 13.2 Å². The summed E-state index contributed by atoms with van der Waals surface area (Å²) in [6.07, 6.45) is 4.95. The average Bonchev–Trinajstić information content (AvgIpc) is 2.72. The minimum absolute atomic E-state index is 0. The number of hydrogen-bond donors (Lipinski definition) is 1. The first-order valence-electron chi connectivity index (χ1n) is 4.18. The molecule has 0 aromatic rings. The highest BCUT2D eigenvalue weighted by atomic mass is 35.5.